The van der Waals surface area contributed by atoms with Gasteiger partial charge in [0.05, 0.1) is 6.04 Å². The Morgan fingerprint density at radius 2 is 1.73 bits per heavy atom. The van der Waals surface area contributed by atoms with E-state index in [0.717, 1.165) is 37.7 Å². The van der Waals surface area contributed by atoms with E-state index in [1.165, 1.54) is 12.8 Å². The monoisotopic (exact) mass is 355 g/mol. The molecule has 0 fully saturated rings. The second-order valence-corrected chi connectivity index (χ2v) is 6.85. The smallest absolute Gasteiger partial charge is 0.259 e. The number of allylic oxidation sites excluding steroid dienone is 1. The Bertz CT molecular complexity index is 649. The average molecular weight is 355 g/mol. The molecule has 1 amide bonds. The standard InChI is InChI=1S/C22H29NO3/c1-2-3-4-5-6-7-8-12-15-19(24)20-21(25)18(23-22(20)26)16-17-13-10-9-11-14-17/h2,9-11,13-14,18,25H,1,3-8,12,15-16H2,(H,23,26)/t18-/m1/s1. The van der Waals surface area contributed by atoms with Crippen LogP contribution in [-0.4, -0.2) is 22.8 Å². The number of hydrogen-bond acceptors (Lipinski definition) is 3. The molecule has 0 saturated heterocycles. The van der Waals surface area contributed by atoms with E-state index in [-0.39, 0.29) is 17.1 Å². The maximum Gasteiger partial charge on any atom is 0.259 e. The number of aliphatic hydroxyl groups is 1. The Morgan fingerprint density at radius 1 is 1.08 bits per heavy atom. The molecule has 1 aromatic rings. The van der Waals surface area contributed by atoms with E-state index >= 15 is 0 Å². The maximum absolute atomic E-state index is 12.3. The summed E-state index contributed by atoms with van der Waals surface area (Å²) in [7, 11) is 0. The first-order chi connectivity index (χ1) is 12.6. The fourth-order valence-electron chi connectivity index (χ4n) is 3.26. The SMILES string of the molecule is C=CCCCCCCCCC(=O)C1=C(O)[C@@H](Cc2ccccc2)NC1=O. The van der Waals surface area contributed by atoms with Crippen LogP contribution in [0.2, 0.25) is 0 Å². The highest BCUT2D eigenvalue weighted by atomic mass is 16.3. The van der Waals surface area contributed by atoms with Crippen molar-refractivity contribution in [3.8, 4) is 0 Å². The summed E-state index contributed by atoms with van der Waals surface area (Å²) in [5.74, 6) is -0.798. The molecular weight excluding hydrogens is 326 g/mol. The molecule has 1 aliphatic rings. The lowest BCUT2D eigenvalue weighted by Gasteiger charge is -2.10. The molecule has 0 spiro atoms. The summed E-state index contributed by atoms with van der Waals surface area (Å²) in [5, 5.41) is 13.1. The van der Waals surface area contributed by atoms with Crippen molar-refractivity contribution in [3.05, 3.63) is 59.9 Å². The highest BCUT2D eigenvalue weighted by Gasteiger charge is 2.35. The molecule has 1 aromatic carbocycles. The lowest BCUT2D eigenvalue weighted by atomic mass is 10.0. The van der Waals surface area contributed by atoms with Gasteiger partial charge in [-0.15, -0.1) is 6.58 Å². The van der Waals surface area contributed by atoms with Crippen LogP contribution in [0.25, 0.3) is 0 Å². The van der Waals surface area contributed by atoms with E-state index in [9.17, 15) is 14.7 Å². The summed E-state index contributed by atoms with van der Waals surface area (Å²) < 4.78 is 0. The first kappa shape index (κ1) is 20.0. The minimum atomic E-state index is -0.506. The zero-order chi connectivity index (χ0) is 18.8. The summed E-state index contributed by atoms with van der Waals surface area (Å²) in [5.41, 5.74) is 0.964. The average Bonchev–Trinajstić information content (AvgIpc) is 2.91. The summed E-state index contributed by atoms with van der Waals surface area (Å²) in [4.78, 5) is 24.5. The van der Waals surface area contributed by atoms with Gasteiger partial charge in [0, 0.05) is 6.42 Å². The molecular formula is C22H29NO3. The summed E-state index contributed by atoms with van der Waals surface area (Å²) >= 11 is 0. The fraction of sp³-hybridized carbons (Fsp3) is 0.455. The molecule has 4 heteroatoms. The molecule has 0 radical (unpaired) electrons. The van der Waals surface area contributed by atoms with Crippen molar-refractivity contribution in [3.63, 3.8) is 0 Å². The molecule has 0 aliphatic carbocycles. The topological polar surface area (TPSA) is 66.4 Å². The minimum Gasteiger partial charge on any atom is -0.509 e. The quantitative estimate of drug-likeness (QED) is 0.331. The zero-order valence-corrected chi connectivity index (χ0v) is 15.4. The number of ketones is 1. The number of rotatable bonds is 12. The molecule has 4 nitrogen and oxygen atoms in total. The maximum atomic E-state index is 12.3. The van der Waals surface area contributed by atoms with Crippen LogP contribution < -0.4 is 5.32 Å². The Labute approximate surface area is 156 Å². The number of aliphatic hydroxyl groups excluding tert-OH is 1. The van der Waals surface area contributed by atoms with Crippen molar-refractivity contribution in [1.29, 1.82) is 0 Å². The molecule has 1 atom stereocenters. The van der Waals surface area contributed by atoms with Gasteiger partial charge in [0.1, 0.15) is 11.3 Å². The van der Waals surface area contributed by atoms with E-state index in [1.54, 1.807) is 0 Å². The van der Waals surface area contributed by atoms with Gasteiger partial charge in [0.15, 0.2) is 5.78 Å². The number of carbonyl (C=O) groups excluding carboxylic acids is 2. The van der Waals surface area contributed by atoms with Crippen molar-refractivity contribution in [1.82, 2.24) is 5.32 Å². The normalized spacial score (nSPS) is 16.6. The Kier molecular flexibility index (Phi) is 8.13. The van der Waals surface area contributed by atoms with Crippen LogP contribution in [0.1, 0.15) is 56.9 Å². The van der Waals surface area contributed by atoms with Gasteiger partial charge in [-0.25, -0.2) is 0 Å². The molecule has 0 bridgehead atoms. The highest BCUT2D eigenvalue weighted by Crippen LogP contribution is 2.21. The first-order valence-electron chi connectivity index (χ1n) is 9.55. The summed E-state index contributed by atoms with van der Waals surface area (Å²) in [6.45, 7) is 3.71. The third-order valence-electron chi connectivity index (χ3n) is 4.74. The number of nitrogens with one attached hydrogen (secondary N) is 1. The van der Waals surface area contributed by atoms with Crippen LogP contribution in [0.4, 0.5) is 0 Å². The molecule has 1 aliphatic heterocycles. The number of carbonyl (C=O) groups is 2. The third kappa shape index (κ3) is 5.87. The predicted molar refractivity (Wildman–Crippen MR) is 104 cm³/mol. The molecule has 140 valence electrons. The van der Waals surface area contributed by atoms with E-state index in [4.69, 9.17) is 0 Å². The summed E-state index contributed by atoms with van der Waals surface area (Å²) in [6.07, 6.45) is 10.2. The van der Waals surface area contributed by atoms with Crippen LogP contribution in [0.5, 0.6) is 0 Å². The summed E-state index contributed by atoms with van der Waals surface area (Å²) in [6, 6.07) is 9.12. The number of hydrogen-bond donors (Lipinski definition) is 2. The Balaban J connectivity index is 1.77. The van der Waals surface area contributed by atoms with E-state index < -0.39 is 11.9 Å². The van der Waals surface area contributed by atoms with E-state index in [2.05, 4.69) is 11.9 Å². The van der Waals surface area contributed by atoms with Crippen LogP contribution in [-0.2, 0) is 16.0 Å². The van der Waals surface area contributed by atoms with Gasteiger partial charge in [0.25, 0.3) is 5.91 Å². The Morgan fingerprint density at radius 3 is 2.42 bits per heavy atom. The number of unbranched alkanes of at least 4 members (excludes halogenated alkanes) is 6. The van der Waals surface area contributed by atoms with Crippen LogP contribution in [0, 0.1) is 0 Å². The van der Waals surface area contributed by atoms with Crippen molar-refractivity contribution in [2.45, 2.75) is 63.8 Å². The van der Waals surface area contributed by atoms with Crippen LogP contribution in [0.3, 0.4) is 0 Å². The lowest BCUT2D eigenvalue weighted by molar-refractivity contribution is -0.122. The van der Waals surface area contributed by atoms with E-state index in [0.29, 0.717) is 12.8 Å². The van der Waals surface area contributed by atoms with Gasteiger partial charge in [-0.05, 0) is 31.2 Å². The van der Waals surface area contributed by atoms with Crippen LogP contribution in [0.15, 0.2) is 54.3 Å². The third-order valence-corrected chi connectivity index (χ3v) is 4.74. The van der Waals surface area contributed by atoms with Crippen LogP contribution >= 0.6 is 0 Å². The van der Waals surface area contributed by atoms with Crippen molar-refractivity contribution in [2.75, 3.05) is 0 Å². The van der Waals surface area contributed by atoms with Crippen molar-refractivity contribution >= 4 is 11.7 Å². The number of Topliss-reactive ketones (excluding diaryl/α,β-unsaturated/α-hetero) is 1. The minimum absolute atomic E-state index is 0.0445. The van der Waals surface area contributed by atoms with Crippen molar-refractivity contribution < 1.29 is 14.7 Å². The molecule has 0 aromatic heterocycles. The molecule has 0 unspecified atom stereocenters. The number of benzene rings is 1. The molecule has 2 N–H and O–H groups in total. The van der Waals surface area contributed by atoms with Crippen molar-refractivity contribution in [2.24, 2.45) is 0 Å². The Hall–Kier alpha value is -2.36. The highest BCUT2D eigenvalue weighted by molar-refractivity contribution is 6.21. The first-order valence-corrected chi connectivity index (χ1v) is 9.55. The van der Waals surface area contributed by atoms with Gasteiger partial charge >= 0.3 is 0 Å². The number of amides is 1. The second-order valence-electron chi connectivity index (χ2n) is 6.85. The largest absolute Gasteiger partial charge is 0.509 e. The van der Waals surface area contributed by atoms with Gasteiger partial charge < -0.3 is 10.4 Å². The van der Waals surface area contributed by atoms with Gasteiger partial charge in [-0.3, -0.25) is 9.59 Å². The second kappa shape index (κ2) is 10.6. The zero-order valence-electron chi connectivity index (χ0n) is 15.4. The molecule has 26 heavy (non-hydrogen) atoms. The molecule has 1 heterocycles. The molecule has 0 saturated carbocycles. The fourth-order valence-corrected chi connectivity index (χ4v) is 3.26. The van der Waals surface area contributed by atoms with E-state index in [1.807, 2.05) is 36.4 Å². The van der Waals surface area contributed by atoms with Gasteiger partial charge in [0.2, 0.25) is 0 Å². The molecule has 2 rings (SSSR count). The lowest BCUT2D eigenvalue weighted by Crippen LogP contribution is -2.31. The van der Waals surface area contributed by atoms with Gasteiger partial charge in [-0.2, -0.15) is 0 Å². The van der Waals surface area contributed by atoms with Gasteiger partial charge in [-0.1, -0.05) is 62.1 Å². The predicted octanol–water partition coefficient (Wildman–Crippen LogP) is 4.42.